The van der Waals surface area contributed by atoms with Crippen LogP contribution in [-0.4, -0.2) is 11.9 Å². The number of carbonyl (C=O) groups excluding carboxylic acids is 1. The Balaban J connectivity index is 2.68. The maximum atomic E-state index is 12.0. The number of hydrogen-bond donors (Lipinski definition) is 2. The van der Waals surface area contributed by atoms with Gasteiger partial charge in [0.25, 0.3) is 0 Å². The van der Waals surface area contributed by atoms with E-state index in [0.29, 0.717) is 0 Å². The van der Waals surface area contributed by atoms with E-state index in [-0.39, 0.29) is 17.9 Å². The Morgan fingerprint density at radius 1 is 1.39 bits per heavy atom. The Kier molecular flexibility index (Phi) is 5.82. The molecule has 0 saturated carbocycles. The first kappa shape index (κ1) is 15.2. The van der Waals surface area contributed by atoms with Crippen LogP contribution in [-0.2, 0) is 4.79 Å². The van der Waals surface area contributed by atoms with E-state index in [4.69, 9.17) is 5.73 Å². The number of benzene rings is 1. The van der Waals surface area contributed by atoms with Gasteiger partial charge in [-0.1, -0.05) is 54.4 Å². The third-order valence-electron chi connectivity index (χ3n) is 3.29. The second-order valence-corrected chi connectivity index (χ2v) is 5.52. The molecular weight excluding hydrogens is 292 g/mol. The molecule has 0 saturated heterocycles. The normalized spacial score (nSPS) is 15.8. The Morgan fingerprint density at radius 2 is 2.00 bits per heavy atom. The van der Waals surface area contributed by atoms with Gasteiger partial charge in [0.2, 0.25) is 5.91 Å². The molecule has 0 bridgehead atoms. The van der Waals surface area contributed by atoms with E-state index >= 15 is 0 Å². The lowest BCUT2D eigenvalue weighted by Crippen LogP contribution is -2.45. The second-order valence-electron chi connectivity index (χ2n) is 4.66. The zero-order valence-electron chi connectivity index (χ0n) is 11.1. The molecule has 1 rings (SSSR count). The maximum absolute atomic E-state index is 12.0. The molecule has 0 aliphatic carbocycles. The molecule has 1 amide bonds. The Bertz CT molecular complexity index is 409. The lowest BCUT2D eigenvalue weighted by molar-refractivity contribution is -0.124. The van der Waals surface area contributed by atoms with Crippen molar-refractivity contribution in [1.82, 2.24) is 5.32 Å². The average molecular weight is 313 g/mol. The van der Waals surface area contributed by atoms with Gasteiger partial charge in [0, 0.05) is 4.47 Å². The van der Waals surface area contributed by atoms with Crippen LogP contribution in [0.15, 0.2) is 28.7 Å². The standard InChI is InChI=1S/C14H21BrN2O/c1-4-9(2)13(16)14(18)17-10(3)11-7-5-6-8-12(11)15/h5-10,13H,4,16H2,1-3H3,(H,17,18). The van der Waals surface area contributed by atoms with Gasteiger partial charge in [-0.05, 0) is 24.5 Å². The third kappa shape index (κ3) is 3.82. The summed E-state index contributed by atoms with van der Waals surface area (Å²) in [7, 11) is 0. The zero-order valence-corrected chi connectivity index (χ0v) is 12.7. The molecule has 100 valence electrons. The number of carbonyl (C=O) groups is 1. The van der Waals surface area contributed by atoms with Crippen molar-refractivity contribution in [2.45, 2.75) is 39.3 Å². The molecular formula is C14H21BrN2O. The molecule has 4 heteroatoms. The van der Waals surface area contributed by atoms with Crippen molar-refractivity contribution < 1.29 is 4.79 Å². The lowest BCUT2D eigenvalue weighted by atomic mass is 9.98. The van der Waals surface area contributed by atoms with E-state index in [1.54, 1.807) is 0 Å². The predicted molar refractivity (Wildman–Crippen MR) is 78.1 cm³/mol. The van der Waals surface area contributed by atoms with E-state index in [9.17, 15) is 4.79 Å². The van der Waals surface area contributed by atoms with Crippen LogP contribution in [0.1, 0.15) is 38.8 Å². The van der Waals surface area contributed by atoms with Crippen LogP contribution < -0.4 is 11.1 Å². The highest BCUT2D eigenvalue weighted by Gasteiger charge is 2.21. The van der Waals surface area contributed by atoms with Crippen molar-refractivity contribution in [2.24, 2.45) is 11.7 Å². The molecule has 1 aromatic carbocycles. The molecule has 1 aromatic rings. The fourth-order valence-corrected chi connectivity index (χ4v) is 2.35. The van der Waals surface area contributed by atoms with E-state index < -0.39 is 6.04 Å². The quantitative estimate of drug-likeness (QED) is 0.878. The van der Waals surface area contributed by atoms with Crippen LogP contribution in [0.2, 0.25) is 0 Å². The summed E-state index contributed by atoms with van der Waals surface area (Å²) in [5.41, 5.74) is 6.97. The van der Waals surface area contributed by atoms with Crippen LogP contribution in [0.5, 0.6) is 0 Å². The molecule has 0 aliphatic rings. The lowest BCUT2D eigenvalue weighted by Gasteiger charge is -2.22. The van der Waals surface area contributed by atoms with Gasteiger partial charge >= 0.3 is 0 Å². The van der Waals surface area contributed by atoms with Crippen molar-refractivity contribution in [3.05, 3.63) is 34.3 Å². The highest BCUT2D eigenvalue weighted by molar-refractivity contribution is 9.10. The van der Waals surface area contributed by atoms with Gasteiger partial charge in [0.15, 0.2) is 0 Å². The molecule has 3 N–H and O–H groups in total. The molecule has 0 fully saturated rings. The van der Waals surface area contributed by atoms with Crippen LogP contribution in [0.25, 0.3) is 0 Å². The van der Waals surface area contributed by atoms with Crippen LogP contribution in [0.4, 0.5) is 0 Å². The molecule has 3 atom stereocenters. The molecule has 0 aromatic heterocycles. The first-order valence-corrected chi connectivity index (χ1v) is 7.07. The topological polar surface area (TPSA) is 55.1 Å². The van der Waals surface area contributed by atoms with Crippen LogP contribution >= 0.6 is 15.9 Å². The first-order valence-electron chi connectivity index (χ1n) is 6.27. The van der Waals surface area contributed by atoms with Gasteiger partial charge < -0.3 is 11.1 Å². The van der Waals surface area contributed by atoms with Crippen molar-refractivity contribution in [1.29, 1.82) is 0 Å². The van der Waals surface area contributed by atoms with Crippen molar-refractivity contribution >= 4 is 21.8 Å². The summed E-state index contributed by atoms with van der Waals surface area (Å²) in [6.07, 6.45) is 0.901. The number of rotatable bonds is 5. The molecule has 0 aliphatic heterocycles. The highest BCUT2D eigenvalue weighted by Crippen LogP contribution is 2.22. The molecule has 3 nitrogen and oxygen atoms in total. The Hall–Kier alpha value is -0.870. The van der Waals surface area contributed by atoms with E-state index in [1.165, 1.54) is 0 Å². The maximum Gasteiger partial charge on any atom is 0.237 e. The summed E-state index contributed by atoms with van der Waals surface area (Å²) in [5, 5.41) is 2.96. The number of nitrogens with two attached hydrogens (primary N) is 1. The summed E-state index contributed by atoms with van der Waals surface area (Å²) >= 11 is 3.48. The largest absolute Gasteiger partial charge is 0.348 e. The van der Waals surface area contributed by atoms with Gasteiger partial charge in [-0.15, -0.1) is 0 Å². The van der Waals surface area contributed by atoms with Crippen LogP contribution in [0.3, 0.4) is 0 Å². The van der Waals surface area contributed by atoms with Gasteiger partial charge in [0.05, 0.1) is 12.1 Å². The first-order chi connectivity index (χ1) is 8.47. The number of hydrogen-bond acceptors (Lipinski definition) is 2. The van der Waals surface area contributed by atoms with Gasteiger partial charge in [-0.3, -0.25) is 4.79 Å². The van der Waals surface area contributed by atoms with Crippen molar-refractivity contribution in [3.8, 4) is 0 Å². The molecule has 18 heavy (non-hydrogen) atoms. The minimum Gasteiger partial charge on any atom is -0.348 e. The minimum atomic E-state index is -0.445. The number of amides is 1. The summed E-state index contributed by atoms with van der Waals surface area (Å²) in [4.78, 5) is 12.0. The smallest absolute Gasteiger partial charge is 0.237 e. The summed E-state index contributed by atoms with van der Waals surface area (Å²) < 4.78 is 0.995. The van der Waals surface area contributed by atoms with Crippen molar-refractivity contribution in [2.75, 3.05) is 0 Å². The average Bonchev–Trinajstić information content (AvgIpc) is 2.37. The minimum absolute atomic E-state index is 0.0526. The van der Waals surface area contributed by atoms with Gasteiger partial charge in [-0.25, -0.2) is 0 Å². The summed E-state index contributed by atoms with van der Waals surface area (Å²) in [5.74, 6) is 0.101. The zero-order chi connectivity index (χ0) is 13.7. The SMILES string of the molecule is CCC(C)C(N)C(=O)NC(C)c1ccccc1Br. The summed E-state index contributed by atoms with van der Waals surface area (Å²) in [6.45, 7) is 5.99. The predicted octanol–water partition coefficient (Wildman–Crippen LogP) is 3.00. The monoisotopic (exact) mass is 312 g/mol. The Labute approximate surface area is 117 Å². The van der Waals surface area contributed by atoms with Gasteiger partial charge in [-0.2, -0.15) is 0 Å². The number of halogens is 1. The molecule has 3 unspecified atom stereocenters. The molecule has 0 heterocycles. The fourth-order valence-electron chi connectivity index (χ4n) is 1.73. The van der Waals surface area contributed by atoms with E-state index in [2.05, 4.69) is 21.2 Å². The Morgan fingerprint density at radius 3 is 2.56 bits per heavy atom. The summed E-state index contributed by atoms with van der Waals surface area (Å²) in [6, 6.07) is 7.36. The molecule has 0 radical (unpaired) electrons. The second kappa shape index (κ2) is 6.90. The van der Waals surface area contributed by atoms with Crippen LogP contribution in [0, 0.1) is 5.92 Å². The third-order valence-corrected chi connectivity index (χ3v) is 4.01. The molecule has 0 spiro atoms. The van der Waals surface area contributed by atoms with E-state index in [1.807, 2.05) is 45.0 Å². The van der Waals surface area contributed by atoms with Gasteiger partial charge in [0.1, 0.15) is 0 Å². The number of nitrogens with one attached hydrogen (secondary N) is 1. The van der Waals surface area contributed by atoms with Crippen molar-refractivity contribution in [3.63, 3.8) is 0 Å². The highest BCUT2D eigenvalue weighted by atomic mass is 79.9. The fraction of sp³-hybridized carbons (Fsp3) is 0.500. The van der Waals surface area contributed by atoms with E-state index in [0.717, 1.165) is 16.5 Å².